The van der Waals surface area contributed by atoms with Crippen LogP contribution in [0.5, 0.6) is 0 Å². The van der Waals surface area contributed by atoms with E-state index in [0.717, 1.165) is 33.3 Å². The quantitative estimate of drug-likeness (QED) is 0.554. The summed E-state index contributed by atoms with van der Waals surface area (Å²) in [5.74, 6) is 1.82. The summed E-state index contributed by atoms with van der Waals surface area (Å²) in [7, 11) is 0. The maximum atomic E-state index is 4.39. The van der Waals surface area contributed by atoms with Crippen molar-refractivity contribution in [2.45, 2.75) is 31.3 Å². The van der Waals surface area contributed by atoms with E-state index in [1.807, 2.05) is 12.1 Å². The van der Waals surface area contributed by atoms with E-state index < -0.39 is 0 Å². The summed E-state index contributed by atoms with van der Waals surface area (Å²) in [6, 6.07) is 16.8. The van der Waals surface area contributed by atoms with Crippen molar-refractivity contribution >= 4 is 27.7 Å². The van der Waals surface area contributed by atoms with Crippen LogP contribution in [-0.2, 0) is 12.3 Å². The fraction of sp³-hybridized carbons (Fsp3) is 0.222. The molecule has 0 amide bonds. The lowest BCUT2D eigenvalue weighted by Gasteiger charge is -2.07. The molecule has 0 saturated heterocycles. The van der Waals surface area contributed by atoms with Crippen LogP contribution in [0, 0.1) is 6.92 Å². The van der Waals surface area contributed by atoms with E-state index in [1.54, 1.807) is 11.8 Å². The number of hydrogen-bond acceptors (Lipinski definition) is 3. The molecule has 0 aliphatic heterocycles. The molecule has 118 valence electrons. The molecule has 0 aliphatic carbocycles. The first-order chi connectivity index (χ1) is 11.2. The number of aryl methyl sites for hydroxylation is 1. The van der Waals surface area contributed by atoms with Gasteiger partial charge in [0.1, 0.15) is 0 Å². The van der Waals surface area contributed by atoms with Crippen LogP contribution in [0.3, 0.4) is 0 Å². The van der Waals surface area contributed by atoms with Crippen LogP contribution in [0.25, 0.3) is 11.4 Å². The van der Waals surface area contributed by atoms with E-state index in [0.29, 0.717) is 0 Å². The number of thioether (sulfide) groups is 1. The Morgan fingerprint density at radius 2 is 1.70 bits per heavy atom. The number of halogens is 1. The molecule has 0 saturated carbocycles. The maximum absolute atomic E-state index is 4.39. The van der Waals surface area contributed by atoms with Gasteiger partial charge in [0.15, 0.2) is 11.0 Å². The molecule has 0 atom stereocenters. The number of benzene rings is 2. The maximum Gasteiger partial charge on any atom is 0.191 e. The average Bonchev–Trinajstić information content (AvgIpc) is 2.98. The molecule has 0 fully saturated rings. The standard InChI is InChI=1S/C18H18BrN3S/c1-3-22-17(15-8-10-16(19)11-9-15)20-21-18(22)23-12-14-6-4-13(2)5-7-14/h4-11H,3,12H2,1-2H3. The summed E-state index contributed by atoms with van der Waals surface area (Å²) in [5, 5.41) is 9.74. The zero-order valence-electron chi connectivity index (χ0n) is 13.2. The van der Waals surface area contributed by atoms with Crippen molar-refractivity contribution in [1.29, 1.82) is 0 Å². The second kappa shape index (κ2) is 7.32. The van der Waals surface area contributed by atoms with Gasteiger partial charge in [0.2, 0.25) is 0 Å². The predicted molar refractivity (Wildman–Crippen MR) is 99.6 cm³/mol. The minimum Gasteiger partial charge on any atom is -0.302 e. The van der Waals surface area contributed by atoms with E-state index >= 15 is 0 Å². The molecule has 0 unspecified atom stereocenters. The topological polar surface area (TPSA) is 30.7 Å². The van der Waals surface area contributed by atoms with Crippen molar-refractivity contribution in [3.05, 3.63) is 64.1 Å². The van der Waals surface area contributed by atoms with E-state index in [9.17, 15) is 0 Å². The summed E-state index contributed by atoms with van der Waals surface area (Å²) in [4.78, 5) is 0. The van der Waals surface area contributed by atoms with Crippen LogP contribution in [0.15, 0.2) is 58.2 Å². The van der Waals surface area contributed by atoms with E-state index in [1.165, 1.54) is 11.1 Å². The van der Waals surface area contributed by atoms with Gasteiger partial charge in [-0.25, -0.2) is 0 Å². The summed E-state index contributed by atoms with van der Waals surface area (Å²) in [6.45, 7) is 5.09. The Morgan fingerprint density at radius 3 is 2.35 bits per heavy atom. The molecule has 3 aromatic rings. The first-order valence-electron chi connectivity index (χ1n) is 7.55. The zero-order chi connectivity index (χ0) is 16.2. The first kappa shape index (κ1) is 16.3. The molecule has 2 aromatic carbocycles. The lowest BCUT2D eigenvalue weighted by Crippen LogP contribution is -1.99. The van der Waals surface area contributed by atoms with Crippen molar-refractivity contribution in [3.63, 3.8) is 0 Å². The molecule has 1 aromatic heterocycles. The molecular weight excluding hydrogens is 370 g/mol. The SMILES string of the molecule is CCn1c(SCc2ccc(C)cc2)nnc1-c1ccc(Br)cc1. The predicted octanol–water partition coefficient (Wildman–Crippen LogP) is 5.33. The van der Waals surface area contributed by atoms with Gasteiger partial charge in [0.05, 0.1) is 0 Å². The third-order valence-electron chi connectivity index (χ3n) is 3.62. The Hall–Kier alpha value is -1.59. The second-order valence-corrected chi connectivity index (χ2v) is 7.19. The van der Waals surface area contributed by atoms with Crippen molar-refractivity contribution in [1.82, 2.24) is 14.8 Å². The van der Waals surface area contributed by atoms with Gasteiger partial charge in [-0.05, 0) is 31.5 Å². The highest BCUT2D eigenvalue weighted by Gasteiger charge is 2.13. The average molecular weight is 388 g/mol. The van der Waals surface area contributed by atoms with Crippen molar-refractivity contribution < 1.29 is 0 Å². The van der Waals surface area contributed by atoms with Crippen LogP contribution in [-0.4, -0.2) is 14.8 Å². The van der Waals surface area contributed by atoms with Crippen LogP contribution < -0.4 is 0 Å². The van der Waals surface area contributed by atoms with Gasteiger partial charge in [-0.1, -0.05) is 69.7 Å². The molecule has 3 nitrogen and oxygen atoms in total. The lowest BCUT2D eigenvalue weighted by atomic mass is 10.2. The second-order valence-electron chi connectivity index (χ2n) is 5.33. The van der Waals surface area contributed by atoms with Crippen molar-refractivity contribution in [3.8, 4) is 11.4 Å². The monoisotopic (exact) mass is 387 g/mol. The van der Waals surface area contributed by atoms with Gasteiger partial charge >= 0.3 is 0 Å². The number of nitrogens with zero attached hydrogens (tertiary/aromatic N) is 3. The highest BCUT2D eigenvalue weighted by atomic mass is 79.9. The minimum absolute atomic E-state index is 0.856. The number of rotatable bonds is 5. The summed E-state index contributed by atoms with van der Waals surface area (Å²) in [6.07, 6.45) is 0. The van der Waals surface area contributed by atoms with Crippen molar-refractivity contribution in [2.75, 3.05) is 0 Å². The van der Waals surface area contributed by atoms with Crippen LogP contribution in [0.1, 0.15) is 18.1 Å². The van der Waals surface area contributed by atoms with Gasteiger partial charge in [0, 0.05) is 22.3 Å². The highest BCUT2D eigenvalue weighted by Crippen LogP contribution is 2.27. The summed E-state index contributed by atoms with van der Waals surface area (Å²) < 4.78 is 3.24. The first-order valence-corrected chi connectivity index (χ1v) is 9.32. The van der Waals surface area contributed by atoms with Crippen LogP contribution in [0.4, 0.5) is 0 Å². The molecule has 3 rings (SSSR count). The largest absolute Gasteiger partial charge is 0.302 e. The summed E-state index contributed by atoms with van der Waals surface area (Å²) in [5.41, 5.74) is 3.68. The van der Waals surface area contributed by atoms with E-state index in [4.69, 9.17) is 0 Å². The van der Waals surface area contributed by atoms with Gasteiger partial charge < -0.3 is 4.57 Å². The molecule has 23 heavy (non-hydrogen) atoms. The lowest BCUT2D eigenvalue weighted by molar-refractivity contribution is 0.687. The molecule has 0 radical (unpaired) electrons. The Kier molecular flexibility index (Phi) is 5.18. The molecule has 0 N–H and O–H groups in total. The third kappa shape index (κ3) is 3.85. The Balaban J connectivity index is 1.80. The number of hydrogen-bond donors (Lipinski definition) is 0. The Morgan fingerprint density at radius 1 is 1.00 bits per heavy atom. The molecule has 0 bridgehead atoms. The van der Waals surface area contributed by atoms with E-state index in [-0.39, 0.29) is 0 Å². The van der Waals surface area contributed by atoms with Gasteiger partial charge in [-0.3, -0.25) is 0 Å². The minimum atomic E-state index is 0.856. The highest BCUT2D eigenvalue weighted by molar-refractivity contribution is 9.10. The van der Waals surface area contributed by atoms with Gasteiger partial charge in [-0.2, -0.15) is 0 Å². The van der Waals surface area contributed by atoms with Crippen molar-refractivity contribution in [2.24, 2.45) is 0 Å². The fourth-order valence-electron chi connectivity index (χ4n) is 2.33. The van der Waals surface area contributed by atoms with Gasteiger partial charge in [0.25, 0.3) is 0 Å². The normalized spacial score (nSPS) is 10.9. The Labute approximate surface area is 149 Å². The molecule has 0 spiro atoms. The zero-order valence-corrected chi connectivity index (χ0v) is 15.6. The van der Waals surface area contributed by atoms with Crippen LogP contribution >= 0.6 is 27.7 Å². The van der Waals surface area contributed by atoms with Crippen LogP contribution in [0.2, 0.25) is 0 Å². The number of aromatic nitrogens is 3. The third-order valence-corrected chi connectivity index (χ3v) is 5.19. The molecular formula is C18H18BrN3S. The molecule has 5 heteroatoms. The molecule has 0 aliphatic rings. The molecule has 1 heterocycles. The fourth-order valence-corrected chi connectivity index (χ4v) is 3.55. The smallest absolute Gasteiger partial charge is 0.191 e. The Bertz CT molecular complexity index is 779. The summed E-state index contributed by atoms with van der Waals surface area (Å²) >= 11 is 5.20. The van der Waals surface area contributed by atoms with Gasteiger partial charge in [-0.15, -0.1) is 10.2 Å². The van der Waals surface area contributed by atoms with E-state index in [2.05, 4.69) is 80.9 Å².